The van der Waals surface area contributed by atoms with E-state index < -0.39 is 5.82 Å². The van der Waals surface area contributed by atoms with Crippen molar-refractivity contribution in [2.75, 3.05) is 0 Å². The van der Waals surface area contributed by atoms with Crippen LogP contribution in [0.5, 0.6) is 0 Å². The first-order valence-corrected chi connectivity index (χ1v) is 4.38. The van der Waals surface area contributed by atoms with Gasteiger partial charge < -0.3 is 0 Å². The first-order valence-electron chi connectivity index (χ1n) is 4.00. The van der Waals surface area contributed by atoms with Crippen LogP contribution in [-0.2, 0) is 0 Å². The highest BCUT2D eigenvalue weighted by Gasteiger charge is 2.06. The van der Waals surface area contributed by atoms with E-state index in [0.717, 1.165) is 0 Å². The molecule has 0 radical (unpaired) electrons. The van der Waals surface area contributed by atoms with Crippen LogP contribution in [0.25, 0.3) is 11.3 Å². The minimum Gasteiger partial charge on any atom is -0.204 e. The highest BCUT2D eigenvalue weighted by atomic mass is 35.5. The van der Waals surface area contributed by atoms with Gasteiger partial charge in [0.05, 0.1) is 6.20 Å². The van der Waals surface area contributed by atoms with Crippen molar-refractivity contribution in [2.24, 2.45) is 0 Å². The summed E-state index contributed by atoms with van der Waals surface area (Å²) in [5.41, 5.74) is 0.845. The topological polar surface area (TPSA) is 25.8 Å². The number of rotatable bonds is 1. The van der Waals surface area contributed by atoms with Crippen molar-refractivity contribution in [2.45, 2.75) is 0 Å². The minimum atomic E-state index is -0.401. The van der Waals surface area contributed by atoms with Crippen LogP contribution < -0.4 is 0 Å². The molecule has 0 saturated carbocycles. The van der Waals surface area contributed by atoms with E-state index in [1.54, 1.807) is 24.3 Å². The number of benzene rings is 1. The fourth-order valence-electron chi connectivity index (χ4n) is 1.15. The zero-order valence-corrected chi connectivity index (χ0v) is 7.87. The van der Waals surface area contributed by atoms with Crippen molar-refractivity contribution in [1.29, 1.82) is 0 Å². The maximum absolute atomic E-state index is 13.3. The maximum atomic E-state index is 13.3. The first kappa shape index (κ1) is 9.09. The van der Waals surface area contributed by atoms with Crippen LogP contribution >= 0.6 is 11.6 Å². The molecular weight excluding hydrogens is 203 g/mol. The highest BCUT2D eigenvalue weighted by Crippen LogP contribution is 2.22. The van der Waals surface area contributed by atoms with Crippen molar-refractivity contribution in [3.8, 4) is 11.3 Å². The molecule has 0 amide bonds. The predicted molar refractivity (Wildman–Crippen MR) is 52.4 cm³/mol. The van der Waals surface area contributed by atoms with Gasteiger partial charge in [-0.15, -0.1) is 5.10 Å². The molecule has 0 spiro atoms. The third-order valence-electron chi connectivity index (χ3n) is 1.77. The molecule has 0 bridgehead atoms. The average molecular weight is 209 g/mol. The lowest BCUT2D eigenvalue weighted by Crippen LogP contribution is -1.90. The Kier molecular flexibility index (Phi) is 2.41. The van der Waals surface area contributed by atoms with E-state index in [1.807, 2.05) is 0 Å². The van der Waals surface area contributed by atoms with Crippen LogP contribution in [0.4, 0.5) is 4.39 Å². The lowest BCUT2D eigenvalue weighted by molar-refractivity contribution is 0.620. The summed E-state index contributed by atoms with van der Waals surface area (Å²) in [5.74, 6) is -0.401. The third-order valence-corrected chi connectivity index (χ3v) is 2.00. The summed E-state index contributed by atoms with van der Waals surface area (Å²) in [5, 5.41) is 7.87. The normalized spacial score (nSPS) is 10.1. The summed E-state index contributed by atoms with van der Waals surface area (Å²) >= 11 is 5.78. The second-order valence-electron chi connectivity index (χ2n) is 2.74. The monoisotopic (exact) mass is 208 g/mol. The molecule has 0 aliphatic carbocycles. The summed E-state index contributed by atoms with van der Waals surface area (Å²) in [7, 11) is 0. The van der Waals surface area contributed by atoms with E-state index in [0.29, 0.717) is 10.6 Å². The molecule has 2 nitrogen and oxygen atoms in total. The number of hydrogen-bond acceptors (Lipinski definition) is 2. The van der Waals surface area contributed by atoms with Gasteiger partial charge in [0.15, 0.2) is 5.82 Å². The molecule has 2 rings (SSSR count). The molecule has 0 N–H and O–H groups in total. The van der Waals surface area contributed by atoms with Crippen molar-refractivity contribution in [3.63, 3.8) is 0 Å². The molecule has 0 fully saturated rings. The van der Waals surface area contributed by atoms with Gasteiger partial charge in [-0.1, -0.05) is 23.7 Å². The van der Waals surface area contributed by atoms with Crippen molar-refractivity contribution < 1.29 is 4.39 Å². The Morgan fingerprint density at radius 3 is 2.79 bits per heavy atom. The van der Waals surface area contributed by atoms with Crippen LogP contribution in [0, 0.1) is 5.82 Å². The zero-order valence-electron chi connectivity index (χ0n) is 7.11. The van der Waals surface area contributed by atoms with Gasteiger partial charge in [0.2, 0.25) is 0 Å². The molecule has 0 unspecified atom stereocenters. The van der Waals surface area contributed by atoms with Gasteiger partial charge >= 0.3 is 0 Å². The molecule has 14 heavy (non-hydrogen) atoms. The van der Waals surface area contributed by atoms with Gasteiger partial charge in [0, 0.05) is 10.6 Å². The van der Waals surface area contributed by atoms with E-state index in [2.05, 4.69) is 10.2 Å². The smallest absolute Gasteiger partial charge is 0.152 e. The highest BCUT2D eigenvalue weighted by molar-refractivity contribution is 6.30. The SMILES string of the molecule is Fc1ccnnc1-c1cccc(Cl)c1. The molecule has 4 heteroatoms. The Bertz CT molecular complexity index is 459. The Hall–Kier alpha value is -1.48. The van der Waals surface area contributed by atoms with E-state index in [4.69, 9.17) is 11.6 Å². The van der Waals surface area contributed by atoms with Crippen LogP contribution in [0.2, 0.25) is 5.02 Å². The first-order chi connectivity index (χ1) is 6.77. The van der Waals surface area contributed by atoms with E-state index in [-0.39, 0.29) is 5.69 Å². The lowest BCUT2D eigenvalue weighted by Gasteiger charge is -2.00. The Morgan fingerprint density at radius 1 is 1.21 bits per heavy atom. The zero-order chi connectivity index (χ0) is 9.97. The predicted octanol–water partition coefficient (Wildman–Crippen LogP) is 2.94. The summed E-state index contributed by atoms with van der Waals surface area (Å²) in [4.78, 5) is 0. The summed E-state index contributed by atoms with van der Waals surface area (Å²) in [6, 6.07) is 8.11. The standard InChI is InChI=1S/C10H6ClFN2/c11-8-3-1-2-7(6-8)10-9(12)4-5-13-14-10/h1-6H. The van der Waals surface area contributed by atoms with Crippen molar-refractivity contribution >= 4 is 11.6 Å². The third kappa shape index (κ3) is 1.72. The van der Waals surface area contributed by atoms with Crippen LogP contribution in [0.1, 0.15) is 0 Å². The molecule has 1 heterocycles. The van der Waals surface area contributed by atoms with Gasteiger partial charge in [-0.3, -0.25) is 0 Å². The van der Waals surface area contributed by atoms with Crippen LogP contribution in [0.3, 0.4) is 0 Å². The van der Waals surface area contributed by atoms with E-state index in [9.17, 15) is 4.39 Å². The fraction of sp³-hybridized carbons (Fsp3) is 0. The lowest BCUT2D eigenvalue weighted by atomic mass is 10.1. The molecule has 0 atom stereocenters. The number of aromatic nitrogens is 2. The van der Waals surface area contributed by atoms with Crippen molar-refractivity contribution in [3.05, 3.63) is 47.4 Å². The van der Waals surface area contributed by atoms with E-state index >= 15 is 0 Å². The fourth-order valence-corrected chi connectivity index (χ4v) is 1.34. The second-order valence-corrected chi connectivity index (χ2v) is 3.17. The van der Waals surface area contributed by atoms with Crippen LogP contribution in [0.15, 0.2) is 36.5 Å². The Balaban J connectivity index is 2.55. The molecule has 0 aliphatic heterocycles. The van der Waals surface area contributed by atoms with E-state index in [1.165, 1.54) is 12.3 Å². The van der Waals surface area contributed by atoms with Gasteiger partial charge in [-0.2, -0.15) is 5.10 Å². The molecule has 0 saturated heterocycles. The number of nitrogens with zero attached hydrogens (tertiary/aromatic N) is 2. The van der Waals surface area contributed by atoms with Gasteiger partial charge in [-0.25, -0.2) is 4.39 Å². The summed E-state index contributed by atoms with van der Waals surface area (Å²) in [6.07, 6.45) is 1.31. The Morgan fingerprint density at radius 2 is 2.07 bits per heavy atom. The Labute approximate surface area is 85.4 Å². The minimum absolute atomic E-state index is 0.218. The van der Waals surface area contributed by atoms with Crippen LogP contribution in [-0.4, -0.2) is 10.2 Å². The molecular formula is C10H6ClFN2. The van der Waals surface area contributed by atoms with Crippen molar-refractivity contribution in [1.82, 2.24) is 10.2 Å². The number of halogens is 2. The molecule has 0 aliphatic rings. The van der Waals surface area contributed by atoms with Gasteiger partial charge in [0.25, 0.3) is 0 Å². The summed E-state index contributed by atoms with van der Waals surface area (Å²) < 4.78 is 13.3. The maximum Gasteiger partial charge on any atom is 0.152 e. The molecule has 2 aromatic rings. The largest absolute Gasteiger partial charge is 0.204 e. The molecule has 1 aromatic heterocycles. The average Bonchev–Trinajstić information content (AvgIpc) is 2.18. The second kappa shape index (κ2) is 3.72. The van der Waals surface area contributed by atoms with Gasteiger partial charge in [-0.05, 0) is 18.2 Å². The molecule has 1 aromatic carbocycles. The quantitative estimate of drug-likeness (QED) is 0.720. The molecule has 70 valence electrons. The number of hydrogen-bond donors (Lipinski definition) is 0. The van der Waals surface area contributed by atoms with Gasteiger partial charge in [0.1, 0.15) is 5.69 Å². The summed E-state index contributed by atoms with van der Waals surface area (Å²) in [6.45, 7) is 0.